The Kier molecular flexibility index (Phi) is 8.91. The zero-order valence-corrected chi connectivity index (χ0v) is 27.1. The molecule has 0 unspecified atom stereocenters. The van der Waals surface area contributed by atoms with Crippen LogP contribution in [-0.4, -0.2) is 65.4 Å². The third-order valence-electron chi connectivity index (χ3n) is 10.5. The minimum Gasteiger partial charge on any atom is -0.389 e. The monoisotopic (exact) mass is 600 g/mol. The van der Waals surface area contributed by atoms with Gasteiger partial charge in [0.05, 0.1) is 5.56 Å². The van der Waals surface area contributed by atoms with Crippen LogP contribution in [0.5, 0.6) is 0 Å². The maximum absolute atomic E-state index is 9.94. The molecule has 6 rings (SSSR count). The molecular formula is C34H48N8S. The highest BCUT2D eigenvalue weighted by Crippen LogP contribution is 2.44. The largest absolute Gasteiger partial charge is 0.389 e. The van der Waals surface area contributed by atoms with Gasteiger partial charge in [-0.3, -0.25) is 0 Å². The summed E-state index contributed by atoms with van der Waals surface area (Å²) < 4.78 is 0. The van der Waals surface area contributed by atoms with Crippen molar-refractivity contribution < 1.29 is 0 Å². The summed E-state index contributed by atoms with van der Waals surface area (Å²) in [6.45, 7) is 8.41. The Morgan fingerprint density at radius 1 is 1.23 bits per heavy atom. The quantitative estimate of drug-likeness (QED) is 0.299. The number of anilines is 2. The molecule has 230 valence electrons. The van der Waals surface area contributed by atoms with E-state index in [-0.39, 0.29) is 11.5 Å². The van der Waals surface area contributed by atoms with Gasteiger partial charge in [-0.25, -0.2) is 9.97 Å². The molecule has 4 heterocycles. The Bertz CT molecular complexity index is 1430. The van der Waals surface area contributed by atoms with Crippen molar-refractivity contribution in [3.8, 4) is 6.07 Å². The second-order valence-electron chi connectivity index (χ2n) is 13.3. The van der Waals surface area contributed by atoms with Crippen LogP contribution in [0, 0.1) is 16.7 Å². The number of hydrogen-bond donors (Lipinski definition) is 3. The molecule has 8 nitrogen and oxygen atoms in total. The molecule has 2 saturated heterocycles. The second-order valence-corrected chi connectivity index (χ2v) is 14.5. The molecule has 2 atom stereocenters. The first-order valence-corrected chi connectivity index (χ1v) is 17.3. The van der Waals surface area contributed by atoms with Crippen molar-refractivity contribution in [3.63, 3.8) is 0 Å². The standard InChI is InChI=1S/C34H48N8S/c1-4-8-25(31(36)26-10-5-11-28-30(26)27(20-35)32(37)43-28)22(2)33-39-23(12-13-24-9-6-17-41(24)3)19-29(40-33)42-18-16-38-34(21-42)14-7-15-34/h19,24,26,36,38H,4-18,21,37H2,1-3H3/b25-22+,36-31?/t24-,26-/m0/s1. The Hall–Kier alpha value is -2.80. The van der Waals surface area contributed by atoms with E-state index in [1.54, 1.807) is 0 Å². The van der Waals surface area contributed by atoms with Gasteiger partial charge in [-0.15, -0.1) is 11.3 Å². The van der Waals surface area contributed by atoms with Crippen LogP contribution in [-0.2, 0) is 12.8 Å². The summed E-state index contributed by atoms with van der Waals surface area (Å²) >= 11 is 1.54. The molecule has 2 aromatic heterocycles. The van der Waals surface area contributed by atoms with E-state index in [0.717, 1.165) is 98.6 Å². The number of nitrogens with one attached hydrogen (secondary N) is 2. The van der Waals surface area contributed by atoms with Gasteiger partial charge in [-0.2, -0.15) is 5.26 Å². The van der Waals surface area contributed by atoms with E-state index in [1.165, 1.54) is 54.9 Å². The van der Waals surface area contributed by atoms with Crippen LogP contribution in [0.15, 0.2) is 11.6 Å². The van der Waals surface area contributed by atoms with Crippen molar-refractivity contribution in [2.45, 2.75) is 108 Å². The lowest BCUT2D eigenvalue weighted by molar-refractivity contribution is 0.172. The summed E-state index contributed by atoms with van der Waals surface area (Å²) in [5.74, 6) is 1.70. The van der Waals surface area contributed by atoms with Crippen LogP contribution in [0.3, 0.4) is 0 Å². The molecule has 0 amide bonds. The fourth-order valence-electron chi connectivity index (χ4n) is 7.89. The number of hydrogen-bond acceptors (Lipinski definition) is 9. The van der Waals surface area contributed by atoms with Gasteiger partial charge in [0.1, 0.15) is 16.9 Å². The van der Waals surface area contributed by atoms with Crippen molar-refractivity contribution in [1.29, 1.82) is 10.7 Å². The van der Waals surface area contributed by atoms with Gasteiger partial charge >= 0.3 is 0 Å². The number of nitriles is 1. The van der Waals surface area contributed by atoms with Crippen LogP contribution < -0.4 is 16.0 Å². The lowest BCUT2D eigenvalue weighted by Gasteiger charge is -2.50. The molecule has 4 aliphatic rings. The Balaban J connectivity index is 1.37. The summed E-state index contributed by atoms with van der Waals surface area (Å²) in [4.78, 5) is 16.6. The summed E-state index contributed by atoms with van der Waals surface area (Å²) in [5, 5.41) is 23.9. The molecule has 9 heteroatoms. The molecular weight excluding hydrogens is 552 g/mol. The first-order chi connectivity index (χ1) is 20.8. The van der Waals surface area contributed by atoms with Crippen LogP contribution in [0.4, 0.5) is 10.8 Å². The lowest BCUT2D eigenvalue weighted by Crippen LogP contribution is -2.64. The van der Waals surface area contributed by atoms with Crippen LogP contribution in [0.25, 0.3) is 5.57 Å². The number of fused-ring (bicyclic) bond motifs is 1. The number of aryl methyl sites for hydroxylation is 2. The van der Waals surface area contributed by atoms with Gasteiger partial charge in [-0.1, -0.05) is 13.3 Å². The Morgan fingerprint density at radius 2 is 2.07 bits per heavy atom. The number of thiophene rings is 1. The zero-order chi connectivity index (χ0) is 30.1. The number of rotatable bonds is 9. The zero-order valence-electron chi connectivity index (χ0n) is 26.3. The smallest absolute Gasteiger partial charge is 0.157 e. The van der Waals surface area contributed by atoms with E-state index in [0.29, 0.717) is 22.3 Å². The molecule has 4 N–H and O–H groups in total. The van der Waals surface area contributed by atoms with Crippen LogP contribution in [0.2, 0.25) is 0 Å². The highest BCUT2D eigenvalue weighted by molar-refractivity contribution is 7.16. The lowest BCUT2D eigenvalue weighted by atomic mass is 9.75. The van der Waals surface area contributed by atoms with Gasteiger partial charge in [0, 0.05) is 59.5 Å². The number of piperazine rings is 1. The van der Waals surface area contributed by atoms with E-state index in [2.05, 4.69) is 48.1 Å². The van der Waals surface area contributed by atoms with E-state index in [1.807, 2.05) is 0 Å². The van der Waals surface area contributed by atoms with Crippen LogP contribution in [0.1, 0.15) is 111 Å². The second kappa shape index (κ2) is 12.7. The summed E-state index contributed by atoms with van der Waals surface area (Å²) in [6.07, 6.45) is 12.9. The maximum Gasteiger partial charge on any atom is 0.157 e. The summed E-state index contributed by atoms with van der Waals surface area (Å²) in [7, 11) is 2.25. The van der Waals surface area contributed by atoms with Crippen molar-refractivity contribution >= 4 is 33.4 Å². The van der Waals surface area contributed by atoms with Crippen LogP contribution >= 0.6 is 11.3 Å². The average Bonchev–Trinajstić information content (AvgIpc) is 3.57. The first kappa shape index (κ1) is 30.2. The molecule has 0 aromatic carbocycles. The highest BCUT2D eigenvalue weighted by atomic mass is 32.1. The number of nitrogens with zero attached hydrogens (tertiary/aromatic N) is 5. The van der Waals surface area contributed by atoms with Gasteiger partial charge in [0.25, 0.3) is 0 Å². The van der Waals surface area contributed by atoms with Gasteiger partial charge in [0.15, 0.2) is 5.82 Å². The van der Waals surface area contributed by atoms with Gasteiger partial charge in [-0.05, 0) is 108 Å². The summed E-state index contributed by atoms with van der Waals surface area (Å²) in [5.41, 5.74) is 11.9. The molecule has 2 aromatic rings. The van der Waals surface area contributed by atoms with Crippen molar-refractivity contribution in [1.82, 2.24) is 20.2 Å². The normalized spacial score (nSPS) is 23.9. The molecule has 0 bridgehead atoms. The number of nitrogen functional groups attached to an aromatic ring is 1. The number of nitrogens with two attached hydrogens (primary N) is 1. The predicted molar refractivity (Wildman–Crippen MR) is 177 cm³/mol. The predicted octanol–water partition coefficient (Wildman–Crippen LogP) is 6.06. The fraction of sp³-hybridized carbons (Fsp3) is 0.647. The van der Waals surface area contributed by atoms with Crippen molar-refractivity contribution in [2.75, 3.05) is 43.9 Å². The number of aromatic nitrogens is 2. The minimum atomic E-state index is -0.101. The van der Waals surface area contributed by atoms with E-state index in [9.17, 15) is 10.7 Å². The molecule has 0 radical (unpaired) electrons. The minimum absolute atomic E-state index is 0.101. The van der Waals surface area contributed by atoms with E-state index >= 15 is 0 Å². The van der Waals surface area contributed by atoms with E-state index in [4.69, 9.17) is 15.7 Å². The Morgan fingerprint density at radius 3 is 2.77 bits per heavy atom. The van der Waals surface area contributed by atoms with Gasteiger partial charge in [0.2, 0.25) is 0 Å². The third kappa shape index (κ3) is 5.99. The molecule has 2 aliphatic heterocycles. The van der Waals surface area contributed by atoms with Crippen molar-refractivity contribution in [2.24, 2.45) is 0 Å². The van der Waals surface area contributed by atoms with Crippen molar-refractivity contribution in [3.05, 3.63) is 39.2 Å². The molecule has 1 spiro atoms. The fourth-order valence-corrected chi connectivity index (χ4v) is 9.01. The SMILES string of the molecule is CCC/C(C(=N)[C@H]1CCCc2sc(N)c(C#N)c21)=C(/C)c1nc(CC[C@@H]2CCCN2C)cc(N2CCNC3(CCC3)C2)n1. The third-order valence-corrected chi connectivity index (χ3v) is 11.6. The number of likely N-dealkylation sites (tertiary alicyclic amines) is 1. The summed E-state index contributed by atoms with van der Waals surface area (Å²) in [6, 6.07) is 5.22. The van der Waals surface area contributed by atoms with E-state index < -0.39 is 0 Å². The molecule has 43 heavy (non-hydrogen) atoms. The number of allylic oxidation sites excluding steroid dienone is 2. The first-order valence-electron chi connectivity index (χ1n) is 16.5. The molecule has 3 fully saturated rings. The molecule has 1 saturated carbocycles. The Labute approximate surface area is 261 Å². The average molecular weight is 601 g/mol. The van der Waals surface area contributed by atoms with Gasteiger partial charge < -0.3 is 26.3 Å². The maximum atomic E-state index is 9.94. The highest BCUT2D eigenvalue weighted by Gasteiger charge is 2.41. The topological polar surface area (TPSA) is 118 Å². The molecule has 2 aliphatic carbocycles.